The van der Waals surface area contributed by atoms with E-state index in [9.17, 15) is 9.59 Å². The van der Waals surface area contributed by atoms with Crippen molar-refractivity contribution in [2.75, 3.05) is 7.05 Å². The molecular weight excluding hydrogens is 182 g/mol. The van der Waals surface area contributed by atoms with Crippen LogP contribution >= 0.6 is 0 Å². The van der Waals surface area contributed by atoms with Gasteiger partial charge in [0.25, 0.3) is 0 Å². The van der Waals surface area contributed by atoms with E-state index in [1.807, 2.05) is 0 Å². The highest BCUT2D eigenvalue weighted by atomic mass is 16.6. The summed E-state index contributed by atoms with van der Waals surface area (Å²) < 4.78 is 5.06. The Kier molecular flexibility index (Phi) is 4.16. The van der Waals surface area contributed by atoms with E-state index < -0.39 is 6.09 Å². The number of rotatable bonds is 1. The Morgan fingerprint density at radius 1 is 1.64 bits per heavy atom. The highest BCUT2D eigenvalue weighted by Gasteiger charge is 2.13. The first-order chi connectivity index (χ1) is 6.72. The van der Waals surface area contributed by atoms with Crippen molar-refractivity contribution in [3.63, 3.8) is 0 Å². The summed E-state index contributed by atoms with van der Waals surface area (Å²) in [7, 11) is 1.53. The van der Waals surface area contributed by atoms with Crippen molar-refractivity contribution < 1.29 is 14.3 Å². The fourth-order valence-electron chi connectivity index (χ4n) is 1.34. The maximum atomic E-state index is 11.0. The number of Topliss-reactive ketones (excluding diaryl/α,β-unsaturated/α-hetero) is 1. The van der Waals surface area contributed by atoms with E-state index in [0.29, 0.717) is 12.8 Å². The monoisotopic (exact) mass is 197 g/mol. The highest BCUT2D eigenvalue weighted by Crippen LogP contribution is 2.12. The van der Waals surface area contributed by atoms with Crippen LogP contribution in [0.25, 0.3) is 0 Å². The normalized spacial score (nSPS) is 24.6. The Bertz CT molecular complexity index is 248. The van der Waals surface area contributed by atoms with Crippen molar-refractivity contribution in [2.24, 2.45) is 0 Å². The minimum Gasteiger partial charge on any atom is -0.442 e. The summed E-state index contributed by atoms with van der Waals surface area (Å²) in [5.74, 6) is 0.250. The number of ether oxygens (including phenoxy) is 1. The summed E-state index contributed by atoms with van der Waals surface area (Å²) in [6.07, 6.45) is 5.47. The molecule has 0 heterocycles. The van der Waals surface area contributed by atoms with Gasteiger partial charge in [0.05, 0.1) is 0 Å². The number of ketones is 1. The molecule has 0 spiro atoms. The molecule has 4 nitrogen and oxygen atoms in total. The Balaban J connectivity index is 2.45. The van der Waals surface area contributed by atoms with Gasteiger partial charge in [0, 0.05) is 19.9 Å². The molecular formula is C10H15NO3. The first kappa shape index (κ1) is 10.8. The molecule has 0 bridgehead atoms. The van der Waals surface area contributed by atoms with Crippen molar-refractivity contribution in [2.45, 2.75) is 31.8 Å². The van der Waals surface area contributed by atoms with E-state index >= 15 is 0 Å². The minimum absolute atomic E-state index is 0.192. The maximum Gasteiger partial charge on any atom is 0.407 e. The summed E-state index contributed by atoms with van der Waals surface area (Å²) in [5, 5.41) is 2.40. The largest absolute Gasteiger partial charge is 0.442 e. The summed E-state index contributed by atoms with van der Waals surface area (Å²) in [6.45, 7) is 0. The molecule has 1 aliphatic carbocycles. The quantitative estimate of drug-likeness (QED) is 0.646. The lowest BCUT2D eigenvalue weighted by molar-refractivity contribution is -0.118. The van der Waals surface area contributed by atoms with Crippen molar-refractivity contribution in [1.82, 2.24) is 5.32 Å². The van der Waals surface area contributed by atoms with E-state index in [4.69, 9.17) is 4.74 Å². The predicted octanol–water partition coefficient (Wildman–Crippen LogP) is 1.41. The number of hydrogen-bond donors (Lipinski definition) is 1. The zero-order valence-electron chi connectivity index (χ0n) is 8.29. The van der Waals surface area contributed by atoms with Gasteiger partial charge in [-0.05, 0) is 18.9 Å². The Labute approximate surface area is 83.3 Å². The second-order valence-corrected chi connectivity index (χ2v) is 3.26. The van der Waals surface area contributed by atoms with Crippen LogP contribution in [0, 0.1) is 0 Å². The molecule has 0 aliphatic heterocycles. The summed E-state index contributed by atoms with van der Waals surface area (Å²) in [4.78, 5) is 22.0. The first-order valence-electron chi connectivity index (χ1n) is 4.79. The molecule has 4 heteroatoms. The third kappa shape index (κ3) is 3.60. The summed E-state index contributed by atoms with van der Waals surface area (Å²) in [5.41, 5.74) is 0. The second-order valence-electron chi connectivity index (χ2n) is 3.26. The lowest BCUT2D eigenvalue weighted by Crippen LogP contribution is -2.25. The van der Waals surface area contributed by atoms with E-state index in [2.05, 4.69) is 5.32 Å². The van der Waals surface area contributed by atoms with Gasteiger partial charge in [-0.2, -0.15) is 0 Å². The molecule has 1 N–H and O–H groups in total. The third-order valence-corrected chi connectivity index (χ3v) is 2.10. The molecule has 0 saturated heterocycles. The number of hydrogen-bond acceptors (Lipinski definition) is 3. The molecule has 1 rings (SSSR count). The van der Waals surface area contributed by atoms with E-state index in [-0.39, 0.29) is 11.9 Å². The van der Waals surface area contributed by atoms with Gasteiger partial charge in [0.2, 0.25) is 0 Å². The number of alkyl carbamates (subject to hydrolysis) is 1. The third-order valence-electron chi connectivity index (χ3n) is 2.10. The average Bonchev–Trinajstić information content (AvgIpc) is 2.14. The van der Waals surface area contributed by atoms with Gasteiger partial charge in [0.15, 0.2) is 0 Å². The van der Waals surface area contributed by atoms with Gasteiger partial charge in [-0.15, -0.1) is 0 Å². The van der Waals surface area contributed by atoms with Crippen LogP contribution in [0.4, 0.5) is 4.79 Å². The van der Waals surface area contributed by atoms with Crippen molar-refractivity contribution in [3.8, 4) is 0 Å². The standard InChI is InChI=1S/C10H15NO3/c1-11-10(13)14-9-6-2-4-8(12)5-3-7-9/h2,6,9H,3-5,7H2,1H3,(H,11,13)/b6-2+. The minimum atomic E-state index is -0.424. The maximum absolute atomic E-state index is 11.0. The molecule has 1 amide bonds. The molecule has 0 aromatic carbocycles. The van der Waals surface area contributed by atoms with Crippen LogP contribution in [-0.4, -0.2) is 25.0 Å². The van der Waals surface area contributed by atoms with Gasteiger partial charge in [-0.1, -0.05) is 6.08 Å². The lowest BCUT2D eigenvalue weighted by atomic mass is 10.0. The van der Waals surface area contributed by atoms with Gasteiger partial charge in [-0.3, -0.25) is 4.79 Å². The molecule has 78 valence electrons. The van der Waals surface area contributed by atoms with Crippen LogP contribution in [0.2, 0.25) is 0 Å². The molecule has 0 aromatic rings. The van der Waals surface area contributed by atoms with Crippen LogP contribution < -0.4 is 5.32 Å². The number of nitrogens with one attached hydrogen (secondary N) is 1. The van der Waals surface area contributed by atoms with Crippen molar-refractivity contribution in [3.05, 3.63) is 12.2 Å². The second kappa shape index (κ2) is 5.42. The fourth-order valence-corrected chi connectivity index (χ4v) is 1.34. The van der Waals surface area contributed by atoms with Gasteiger partial charge < -0.3 is 10.1 Å². The number of amides is 1. The average molecular weight is 197 g/mol. The number of carbonyl (C=O) groups is 2. The smallest absolute Gasteiger partial charge is 0.407 e. The van der Waals surface area contributed by atoms with Crippen molar-refractivity contribution >= 4 is 11.9 Å². The molecule has 1 atom stereocenters. The number of carbonyl (C=O) groups excluding carboxylic acids is 2. The molecule has 0 saturated carbocycles. The summed E-state index contributed by atoms with van der Waals surface area (Å²) in [6, 6.07) is 0. The molecule has 1 aliphatic rings. The molecule has 0 aromatic heterocycles. The SMILES string of the molecule is CNC(=O)OC1/C=C/CC(=O)CCC1. The Hall–Kier alpha value is -1.32. The fraction of sp³-hybridized carbons (Fsp3) is 0.600. The van der Waals surface area contributed by atoms with Crippen LogP contribution in [0.3, 0.4) is 0 Å². The van der Waals surface area contributed by atoms with E-state index in [1.165, 1.54) is 7.05 Å². The van der Waals surface area contributed by atoms with Crippen LogP contribution in [0.1, 0.15) is 25.7 Å². The predicted molar refractivity (Wildman–Crippen MR) is 51.9 cm³/mol. The number of allylic oxidation sites excluding steroid dienone is 1. The Morgan fingerprint density at radius 3 is 3.14 bits per heavy atom. The van der Waals surface area contributed by atoms with Crippen molar-refractivity contribution in [1.29, 1.82) is 0 Å². The zero-order chi connectivity index (χ0) is 10.4. The molecule has 0 radical (unpaired) electrons. The first-order valence-corrected chi connectivity index (χ1v) is 4.79. The highest BCUT2D eigenvalue weighted by molar-refractivity contribution is 5.79. The van der Waals surface area contributed by atoms with E-state index in [0.717, 1.165) is 12.8 Å². The van der Waals surface area contributed by atoms with Crippen LogP contribution in [-0.2, 0) is 9.53 Å². The topological polar surface area (TPSA) is 55.4 Å². The van der Waals surface area contributed by atoms with Gasteiger partial charge in [-0.25, -0.2) is 4.79 Å². The summed E-state index contributed by atoms with van der Waals surface area (Å²) >= 11 is 0. The molecule has 1 unspecified atom stereocenters. The van der Waals surface area contributed by atoms with Crippen LogP contribution in [0.5, 0.6) is 0 Å². The van der Waals surface area contributed by atoms with Crippen LogP contribution in [0.15, 0.2) is 12.2 Å². The molecule has 14 heavy (non-hydrogen) atoms. The zero-order valence-corrected chi connectivity index (χ0v) is 8.29. The molecule has 0 fully saturated rings. The lowest BCUT2D eigenvalue weighted by Gasteiger charge is -2.15. The van der Waals surface area contributed by atoms with Gasteiger partial charge >= 0.3 is 6.09 Å². The van der Waals surface area contributed by atoms with E-state index in [1.54, 1.807) is 12.2 Å². The van der Waals surface area contributed by atoms with Gasteiger partial charge in [0.1, 0.15) is 11.9 Å². The Morgan fingerprint density at radius 2 is 2.43 bits per heavy atom.